The second-order valence-corrected chi connectivity index (χ2v) is 5.00. The van der Waals surface area contributed by atoms with Crippen LogP contribution in [-0.4, -0.2) is 14.9 Å². The summed E-state index contributed by atoms with van der Waals surface area (Å²) in [5.41, 5.74) is 3.27. The van der Waals surface area contributed by atoms with Crippen LogP contribution in [0.5, 0.6) is 0 Å². The minimum Gasteiger partial charge on any atom is -0.386 e. The van der Waals surface area contributed by atoms with Crippen molar-refractivity contribution in [2.45, 2.75) is 26.0 Å². The first kappa shape index (κ1) is 12.9. The van der Waals surface area contributed by atoms with E-state index in [1.807, 2.05) is 47.3 Å². The zero-order valence-electron chi connectivity index (χ0n) is 11.5. The molecule has 3 aromatic rings. The predicted octanol–water partition coefficient (Wildman–Crippen LogP) is 3.33. The number of hydrogen-bond acceptors (Lipinski definition) is 2. The summed E-state index contributed by atoms with van der Waals surface area (Å²) in [6.45, 7) is 2.60. The van der Waals surface area contributed by atoms with Gasteiger partial charge in [0, 0.05) is 5.39 Å². The van der Waals surface area contributed by atoms with Gasteiger partial charge in [-0.1, -0.05) is 49.4 Å². The van der Waals surface area contributed by atoms with E-state index >= 15 is 0 Å². The lowest BCUT2D eigenvalue weighted by Crippen LogP contribution is -2.09. The monoisotopic (exact) mass is 266 g/mol. The topological polar surface area (TPSA) is 38.0 Å². The molecule has 102 valence electrons. The number of aliphatic hydroxyl groups excluding tert-OH is 1. The van der Waals surface area contributed by atoms with Crippen molar-refractivity contribution < 1.29 is 5.11 Å². The number of aryl methyl sites for hydroxylation is 1. The van der Waals surface area contributed by atoms with Crippen LogP contribution in [0.15, 0.2) is 54.7 Å². The number of rotatable bonds is 4. The van der Waals surface area contributed by atoms with E-state index in [-0.39, 0.29) is 0 Å². The van der Waals surface area contributed by atoms with E-state index in [1.54, 1.807) is 0 Å². The van der Waals surface area contributed by atoms with E-state index in [2.05, 4.69) is 24.2 Å². The summed E-state index contributed by atoms with van der Waals surface area (Å²) in [5, 5.41) is 15.8. The van der Waals surface area contributed by atoms with Crippen LogP contribution < -0.4 is 0 Å². The molecule has 3 rings (SSSR count). The van der Waals surface area contributed by atoms with Gasteiger partial charge >= 0.3 is 0 Å². The fourth-order valence-corrected chi connectivity index (χ4v) is 2.42. The van der Waals surface area contributed by atoms with Gasteiger partial charge < -0.3 is 5.11 Å². The van der Waals surface area contributed by atoms with Crippen LogP contribution in [0.25, 0.3) is 10.9 Å². The summed E-state index contributed by atoms with van der Waals surface area (Å²) in [7, 11) is 0. The van der Waals surface area contributed by atoms with Crippen molar-refractivity contribution in [3.63, 3.8) is 0 Å². The highest BCUT2D eigenvalue weighted by Crippen LogP contribution is 2.19. The number of nitrogens with zero attached hydrogens (tertiary/aromatic N) is 2. The Morgan fingerprint density at radius 1 is 1.10 bits per heavy atom. The fraction of sp³-hybridized carbons (Fsp3) is 0.235. The molecule has 0 aliphatic carbocycles. The maximum absolute atomic E-state index is 10.4. The fourth-order valence-electron chi connectivity index (χ4n) is 2.42. The van der Waals surface area contributed by atoms with E-state index < -0.39 is 6.10 Å². The summed E-state index contributed by atoms with van der Waals surface area (Å²) in [6.07, 6.45) is 2.31. The molecule has 0 aliphatic rings. The van der Waals surface area contributed by atoms with Crippen molar-refractivity contribution in [3.05, 3.63) is 65.9 Å². The highest BCUT2D eigenvalue weighted by atomic mass is 16.3. The Balaban J connectivity index is 1.82. The van der Waals surface area contributed by atoms with Gasteiger partial charge in [-0.05, 0) is 23.6 Å². The molecule has 1 unspecified atom stereocenters. The maximum atomic E-state index is 10.4. The SMILES string of the molecule is CCc1ccc(C(O)Cn2ncc3ccccc32)cc1. The van der Waals surface area contributed by atoms with Crippen LogP contribution in [-0.2, 0) is 13.0 Å². The number of para-hydroxylation sites is 1. The molecule has 0 bridgehead atoms. The summed E-state index contributed by atoms with van der Waals surface area (Å²) in [4.78, 5) is 0. The van der Waals surface area contributed by atoms with E-state index in [0.717, 1.165) is 22.9 Å². The van der Waals surface area contributed by atoms with Crippen LogP contribution in [0.2, 0.25) is 0 Å². The molecule has 0 saturated heterocycles. The van der Waals surface area contributed by atoms with E-state index in [4.69, 9.17) is 0 Å². The Kier molecular flexibility index (Phi) is 3.52. The Hall–Kier alpha value is -2.13. The third-order valence-corrected chi connectivity index (χ3v) is 3.67. The van der Waals surface area contributed by atoms with Crippen LogP contribution in [0.1, 0.15) is 24.2 Å². The van der Waals surface area contributed by atoms with Crippen molar-refractivity contribution in [2.75, 3.05) is 0 Å². The Labute approximate surface area is 118 Å². The lowest BCUT2D eigenvalue weighted by atomic mass is 10.1. The molecule has 0 spiro atoms. The molecule has 0 amide bonds. The Morgan fingerprint density at radius 3 is 2.60 bits per heavy atom. The number of benzene rings is 2. The highest BCUT2D eigenvalue weighted by molar-refractivity contribution is 5.78. The van der Waals surface area contributed by atoms with Crippen LogP contribution in [0, 0.1) is 0 Å². The first-order valence-electron chi connectivity index (χ1n) is 6.95. The minimum absolute atomic E-state index is 0.471. The van der Waals surface area contributed by atoms with Crippen LogP contribution >= 0.6 is 0 Å². The van der Waals surface area contributed by atoms with Gasteiger partial charge in [-0.3, -0.25) is 4.68 Å². The van der Waals surface area contributed by atoms with Crippen molar-refractivity contribution in [1.82, 2.24) is 9.78 Å². The van der Waals surface area contributed by atoms with Crippen molar-refractivity contribution in [1.29, 1.82) is 0 Å². The van der Waals surface area contributed by atoms with Crippen LogP contribution in [0.3, 0.4) is 0 Å². The van der Waals surface area contributed by atoms with Gasteiger partial charge in [-0.15, -0.1) is 0 Å². The largest absolute Gasteiger partial charge is 0.386 e. The van der Waals surface area contributed by atoms with Gasteiger partial charge in [0.2, 0.25) is 0 Å². The molecule has 20 heavy (non-hydrogen) atoms. The molecule has 1 atom stereocenters. The summed E-state index contributed by atoms with van der Waals surface area (Å²) < 4.78 is 1.85. The predicted molar refractivity (Wildman–Crippen MR) is 80.5 cm³/mol. The first-order valence-corrected chi connectivity index (χ1v) is 6.95. The summed E-state index contributed by atoms with van der Waals surface area (Å²) >= 11 is 0. The lowest BCUT2D eigenvalue weighted by Gasteiger charge is -2.12. The van der Waals surface area contributed by atoms with Gasteiger partial charge in [-0.2, -0.15) is 5.10 Å². The second kappa shape index (κ2) is 5.47. The van der Waals surface area contributed by atoms with Gasteiger partial charge in [0.25, 0.3) is 0 Å². The number of hydrogen-bond donors (Lipinski definition) is 1. The van der Waals surface area contributed by atoms with Gasteiger partial charge in [0.1, 0.15) is 0 Å². The third kappa shape index (κ3) is 2.45. The molecular weight excluding hydrogens is 248 g/mol. The molecule has 0 fully saturated rings. The first-order chi connectivity index (χ1) is 9.78. The average molecular weight is 266 g/mol. The standard InChI is InChI=1S/C17H18N2O/c1-2-13-7-9-14(10-8-13)17(20)12-19-16-6-4-3-5-15(16)11-18-19/h3-11,17,20H,2,12H2,1H3. The zero-order valence-corrected chi connectivity index (χ0v) is 11.5. The molecule has 1 heterocycles. The second-order valence-electron chi connectivity index (χ2n) is 5.00. The minimum atomic E-state index is -0.538. The molecule has 2 aromatic carbocycles. The van der Waals surface area contributed by atoms with Crippen molar-refractivity contribution in [2.24, 2.45) is 0 Å². The summed E-state index contributed by atoms with van der Waals surface area (Å²) in [5.74, 6) is 0. The third-order valence-electron chi connectivity index (χ3n) is 3.67. The molecule has 1 aromatic heterocycles. The Bertz CT molecular complexity index is 700. The smallest absolute Gasteiger partial charge is 0.0986 e. The highest BCUT2D eigenvalue weighted by Gasteiger charge is 2.10. The maximum Gasteiger partial charge on any atom is 0.0986 e. The molecular formula is C17H18N2O. The number of aromatic nitrogens is 2. The zero-order chi connectivity index (χ0) is 13.9. The van der Waals surface area contributed by atoms with Crippen molar-refractivity contribution in [3.8, 4) is 0 Å². The molecule has 3 heteroatoms. The number of fused-ring (bicyclic) bond motifs is 1. The van der Waals surface area contributed by atoms with E-state index in [0.29, 0.717) is 6.54 Å². The molecule has 1 N–H and O–H groups in total. The molecule has 0 radical (unpaired) electrons. The Morgan fingerprint density at radius 2 is 1.85 bits per heavy atom. The molecule has 0 saturated carbocycles. The molecule has 3 nitrogen and oxygen atoms in total. The van der Waals surface area contributed by atoms with Crippen molar-refractivity contribution >= 4 is 10.9 Å². The van der Waals surface area contributed by atoms with Gasteiger partial charge in [0.05, 0.1) is 24.4 Å². The van der Waals surface area contributed by atoms with Gasteiger partial charge in [0.15, 0.2) is 0 Å². The lowest BCUT2D eigenvalue weighted by molar-refractivity contribution is 0.153. The summed E-state index contributed by atoms with van der Waals surface area (Å²) in [6, 6.07) is 16.2. The van der Waals surface area contributed by atoms with Crippen LogP contribution in [0.4, 0.5) is 0 Å². The number of aliphatic hydroxyl groups is 1. The average Bonchev–Trinajstić information content (AvgIpc) is 2.91. The van der Waals surface area contributed by atoms with E-state index in [1.165, 1.54) is 5.56 Å². The van der Waals surface area contributed by atoms with Gasteiger partial charge in [-0.25, -0.2) is 0 Å². The van der Waals surface area contributed by atoms with E-state index in [9.17, 15) is 5.11 Å². The normalized spacial score (nSPS) is 12.7. The molecule has 0 aliphatic heterocycles. The quantitative estimate of drug-likeness (QED) is 0.786.